The fourth-order valence-corrected chi connectivity index (χ4v) is 3.06. The number of para-hydroxylation sites is 1. The van der Waals surface area contributed by atoms with Crippen LogP contribution in [0.3, 0.4) is 0 Å². The summed E-state index contributed by atoms with van der Waals surface area (Å²) in [4.78, 5) is 22.0. The lowest BCUT2D eigenvalue weighted by Crippen LogP contribution is -2.24. The number of nitro groups is 1. The van der Waals surface area contributed by atoms with Crippen molar-refractivity contribution >= 4 is 17.3 Å². The number of benzene rings is 1. The Bertz CT molecular complexity index is 524. The molecular formula is C14H18N2O4. The summed E-state index contributed by atoms with van der Waals surface area (Å²) in [6.07, 6.45) is 4.79. The number of hydrogen-bond donors (Lipinski definition) is 2. The number of carboxylic acids is 1. The molecule has 0 radical (unpaired) electrons. The van der Waals surface area contributed by atoms with E-state index in [4.69, 9.17) is 5.73 Å². The monoisotopic (exact) mass is 278 g/mol. The van der Waals surface area contributed by atoms with Gasteiger partial charge in [-0.25, -0.2) is 0 Å². The molecule has 1 saturated carbocycles. The van der Waals surface area contributed by atoms with E-state index in [2.05, 4.69) is 0 Å². The molecule has 6 nitrogen and oxygen atoms in total. The molecule has 0 aromatic heterocycles. The van der Waals surface area contributed by atoms with Crippen molar-refractivity contribution in [2.45, 2.75) is 38.0 Å². The molecule has 6 heteroatoms. The lowest BCUT2D eigenvalue weighted by atomic mass is 9.76. The van der Waals surface area contributed by atoms with Crippen LogP contribution in [0.25, 0.3) is 0 Å². The molecule has 108 valence electrons. The minimum absolute atomic E-state index is 0.00514. The van der Waals surface area contributed by atoms with Gasteiger partial charge in [-0.1, -0.05) is 31.4 Å². The van der Waals surface area contributed by atoms with E-state index in [0.717, 1.165) is 32.1 Å². The molecule has 0 bridgehead atoms. The van der Waals surface area contributed by atoms with Gasteiger partial charge in [-0.05, 0) is 24.3 Å². The van der Waals surface area contributed by atoms with Crippen LogP contribution in [0.5, 0.6) is 0 Å². The van der Waals surface area contributed by atoms with Crippen LogP contribution in [0.15, 0.2) is 18.2 Å². The van der Waals surface area contributed by atoms with E-state index in [1.54, 1.807) is 6.07 Å². The summed E-state index contributed by atoms with van der Waals surface area (Å²) in [6.45, 7) is 0. The summed E-state index contributed by atoms with van der Waals surface area (Å²) in [6, 6.07) is 4.40. The highest BCUT2D eigenvalue weighted by molar-refractivity contribution is 5.81. The summed E-state index contributed by atoms with van der Waals surface area (Å²) >= 11 is 0. The molecule has 1 aliphatic rings. The van der Waals surface area contributed by atoms with Crippen molar-refractivity contribution in [3.05, 3.63) is 33.9 Å². The molecule has 0 saturated heterocycles. The van der Waals surface area contributed by atoms with E-state index >= 15 is 0 Å². The predicted molar refractivity (Wildman–Crippen MR) is 74.5 cm³/mol. The number of nitrogens with zero attached hydrogens (tertiary/aromatic N) is 1. The molecule has 20 heavy (non-hydrogen) atoms. The van der Waals surface area contributed by atoms with Crippen LogP contribution in [-0.4, -0.2) is 16.0 Å². The maximum Gasteiger partial charge on any atom is 0.311 e. The first kappa shape index (κ1) is 14.3. The second-order valence-electron chi connectivity index (χ2n) is 5.25. The average molecular weight is 278 g/mol. The molecule has 0 amide bonds. The highest BCUT2D eigenvalue weighted by Crippen LogP contribution is 2.40. The number of nitrogen functional groups attached to an aromatic ring is 1. The highest BCUT2D eigenvalue weighted by Gasteiger charge is 2.33. The van der Waals surface area contributed by atoms with Crippen LogP contribution in [0.2, 0.25) is 0 Å². The number of nitrogens with two attached hydrogens (primary N) is 1. The third-order valence-electron chi connectivity index (χ3n) is 4.04. The third kappa shape index (κ3) is 2.74. The maximum absolute atomic E-state index is 11.6. The average Bonchev–Trinajstić information content (AvgIpc) is 2.41. The molecule has 0 spiro atoms. The van der Waals surface area contributed by atoms with Gasteiger partial charge in [0.05, 0.1) is 10.8 Å². The van der Waals surface area contributed by atoms with Crippen LogP contribution >= 0.6 is 0 Å². The molecule has 3 N–H and O–H groups in total. The molecule has 0 aliphatic heterocycles. The number of aliphatic carboxylic acids is 1. The molecule has 1 aromatic carbocycles. The molecule has 0 heterocycles. The van der Waals surface area contributed by atoms with Gasteiger partial charge in [-0.3, -0.25) is 14.9 Å². The molecule has 1 unspecified atom stereocenters. The van der Waals surface area contributed by atoms with Gasteiger partial charge in [0.15, 0.2) is 0 Å². The fraction of sp³-hybridized carbons (Fsp3) is 0.500. The highest BCUT2D eigenvalue weighted by atomic mass is 16.6. The summed E-state index contributed by atoms with van der Waals surface area (Å²) in [5.41, 5.74) is 5.96. The van der Waals surface area contributed by atoms with Gasteiger partial charge in [0.1, 0.15) is 5.69 Å². The smallest absolute Gasteiger partial charge is 0.311 e. The van der Waals surface area contributed by atoms with Crippen molar-refractivity contribution in [1.82, 2.24) is 0 Å². The van der Waals surface area contributed by atoms with Crippen molar-refractivity contribution in [1.29, 1.82) is 0 Å². The SMILES string of the molecule is Nc1c(C(C(=O)O)C2CCCCC2)cccc1[N+](=O)[O-]. The zero-order valence-electron chi connectivity index (χ0n) is 11.1. The van der Waals surface area contributed by atoms with Gasteiger partial charge >= 0.3 is 5.97 Å². The number of hydrogen-bond acceptors (Lipinski definition) is 4. The van der Waals surface area contributed by atoms with Crippen molar-refractivity contribution < 1.29 is 14.8 Å². The Morgan fingerprint density at radius 3 is 2.55 bits per heavy atom. The second kappa shape index (κ2) is 5.90. The topological polar surface area (TPSA) is 106 Å². The van der Waals surface area contributed by atoms with Crippen LogP contribution < -0.4 is 5.73 Å². The molecule has 1 aromatic rings. The van der Waals surface area contributed by atoms with E-state index in [-0.39, 0.29) is 17.3 Å². The Morgan fingerprint density at radius 1 is 1.35 bits per heavy atom. The number of nitro benzene ring substituents is 1. The Balaban J connectivity index is 2.41. The van der Waals surface area contributed by atoms with Gasteiger partial charge in [-0.2, -0.15) is 0 Å². The molecule has 1 fully saturated rings. The first-order chi connectivity index (χ1) is 9.52. The number of carbonyl (C=O) groups is 1. The van der Waals surface area contributed by atoms with Gasteiger partial charge in [0.2, 0.25) is 0 Å². The van der Waals surface area contributed by atoms with Crippen LogP contribution in [0, 0.1) is 16.0 Å². The lowest BCUT2D eigenvalue weighted by molar-refractivity contribution is -0.384. The lowest BCUT2D eigenvalue weighted by Gasteiger charge is -2.28. The van der Waals surface area contributed by atoms with E-state index in [0.29, 0.717) is 5.56 Å². The minimum atomic E-state index is -0.955. The van der Waals surface area contributed by atoms with Gasteiger partial charge in [0, 0.05) is 6.07 Å². The second-order valence-corrected chi connectivity index (χ2v) is 5.25. The van der Waals surface area contributed by atoms with Crippen LogP contribution in [0.1, 0.15) is 43.6 Å². The largest absolute Gasteiger partial charge is 0.481 e. The van der Waals surface area contributed by atoms with Crippen LogP contribution in [0.4, 0.5) is 11.4 Å². The molecule has 2 rings (SSSR count). The standard InChI is InChI=1S/C14H18N2O4/c15-13-10(7-4-8-11(13)16(19)20)12(14(17)18)9-5-2-1-3-6-9/h4,7-9,12H,1-3,5-6,15H2,(H,17,18). The van der Waals surface area contributed by atoms with E-state index < -0.39 is 16.8 Å². The maximum atomic E-state index is 11.6. The summed E-state index contributed by atoms with van der Waals surface area (Å²) in [5, 5.41) is 20.4. The Labute approximate surface area is 116 Å². The Kier molecular flexibility index (Phi) is 4.22. The molecule has 1 aliphatic carbocycles. The van der Waals surface area contributed by atoms with Gasteiger partial charge in [-0.15, -0.1) is 0 Å². The molecular weight excluding hydrogens is 260 g/mol. The quantitative estimate of drug-likeness (QED) is 0.500. The van der Waals surface area contributed by atoms with Crippen molar-refractivity contribution in [2.75, 3.05) is 5.73 Å². The van der Waals surface area contributed by atoms with Crippen molar-refractivity contribution in [3.8, 4) is 0 Å². The third-order valence-corrected chi connectivity index (χ3v) is 4.04. The minimum Gasteiger partial charge on any atom is -0.481 e. The normalized spacial score (nSPS) is 17.6. The number of rotatable bonds is 4. The predicted octanol–water partition coefficient (Wildman–Crippen LogP) is 2.93. The van der Waals surface area contributed by atoms with Crippen molar-refractivity contribution in [2.24, 2.45) is 5.92 Å². The number of carboxylic acid groups (broad SMARTS) is 1. The van der Waals surface area contributed by atoms with Gasteiger partial charge in [0.25, 0.3) is 5.69 Å². The van der Waals surface area contributed by atoms with E-state index in [1.807, 2.05) is 0 Å². The summed E-state index contributed by atoms with van der Waals surface area (Å²) in [5.74, 6) is -1.70. The van der Waals surface area contributed by atoms with E-state index in [1.165, 1.54) is 12.1 Å². The summed E-state index contributed by atoms with van der Waals surface area (Å²) in [7, 11) is 0. The first-order valence-corrected chi connectivity index (χ1v) is 6.78. The fourth-order valence-electron chi connectivity index (χ4n) is 3.06. The van der Waals surface area contributed by atoms with Crippen LogP contribution in [-0.2, 0) is 4.79 Å². The van der Waals surface area contributed by atoms with Gasteiger partial charge < -0.3 is 10.8 Å². The van der Waals surface area contributed by atoms with Crippen molar-refractivity contribution in [3.63, 3.8) is 0 Å². The Morgan fingerprint density at radius 2 is 2.00 bits per heavy atom. The zero-order valence-corrected chi connectivity index (χ0v) is 11.1. The summed E-state index contributed by atoms with van der Waals surface area (Å²) < 4.78 is 0. The first-order valence-electron chi connectivity index (χ1n) is 6.78. The molecule has 1 atom stereocenters. The Hall–Kier alpha value is -2.11. The van der Waals surface area contributed by atoms with E-state index in [9.17, 15) is 20.0 Å². The number of anilines is 1. The zero-order chi connectivity index (χ0) is 14.7.